The number of carbonyl (C=O) groups is 2. The fourth-order valence-electron chi connectivity index (χ4n) is 4.07. The van der Waals surface area contributed by atoms with Gasteiger partial charge in [0.15, 0.2) is 0 Å². The molecule has 0 unspecified atom stereocenters. The quantitative estimate of drug-likeness (QED) is 0.764. The highest BCUT2D eigenvalue weighted by Crippen LogP contribution is 2.40. The summed E-state index contributed by atoms with van der Waals surface area (Å²) in [4.78, 5) is 29.3. The molecule has 0 N–H and O–H groups in total. The van der Waals surface area contributed by atoms with Crippen molar-refractivity contribution >= 4 is 11.8 Å². The van der Waals surface area contributed by atoms with E-state index in [1.54, 1.807) is 18.0 Å². The summed E-state index contributed by atoms with van der Waals surface area (Å²) in [6.07, 6.45) is 5.59. The Bertz CT molecular complexity index is 630. The summed E-state index contributed by atoms with van der Waals surface area (Å²) in [5.74, 6) is 0.345. The number of nitrogens with zero attached hydrogens (tertiary/aromatic N) is 4. The molecule has 0 bridgehead atoms. The lowest BCUT2D eigenvalue weighted by Gasteiger charge is -2.39. The molecule has 7 nitrogen and oxygen atoms in total. The molecule has 3 heterocycles. The number of ether oxygens (including phenoxy) is 1. The number of piperidine rings is 1. The Kier molecular flexibility index (Phi) is 5.42. The van der Waals surface area contributed by atoms with E-state index in [4.69, 9.17) is 4.74 Å². The molecule has 0 aliphatic carbocycles. The molecule has 7 heteroatoms. The molecule has 1 atom stereocenters. The van der Waals surface area contributed by atoms with Crippen LogP contribution in [-0.4, -0.2) is 71.3 Å². The Balaban J connectivity index is 1.57. The van der Waals surface area contributed by atoms with Crippen molar-refractivity contribution < 1.29 is 14.3 Å². The summed E-state index contributed by atoms with van der Waals surface area (Å²) in [5, 5.41) is 4.13. The van der Waals surface area contributed by atoms with Crippen molar-refractivity contribution in [2.24, 2.45) is 12.5 Å². The van der Waals surface area contributed by atoms with E-state index in [1.807, 2.05) is 22.9 Å². The van der Waals surface area contributed by atoms with Crippen LogP contribution in [0.15, 0.2) is 12.3 Å². The Hall–Kier alpha value is -1.89. The van der Waals surface area contributed by atoms with Gasteiger partial charge in [0.25, 0.3) is 0 Å². The minimum atomic E-state index is -0.367. The number of carbonyl (C=O) groups excluding carboxylic acids is 2. The molecule has 2 saturated heterocycles. The standard InChI is InChI=1S/C18H28N4O3/c1-20-15(6-9-19-20)4-5-16(23)22-11-8-18(14-22)7-3-10-21(17(18)24)12-13-25-2/h6,9H,3-5,7-8,10-14H2,1-2H3/t18-/m0/s1. The largest absolute Gasteiger partial charge is 0.383 e. The van der Waals surface area contributed by atoms with Crippen molar-refractivity contribution in [3.63, 3.8) is 0 Å². The van der Waals surface area contributed by atoms with Crippen LogP contribution in [0.5, 0.6) is 0 Å². The first kappa shape index (κ1) is 17.9. The average molecular weight is 348 g/mol. The molecule has 0 saturated carbocycles. The predicted molar refractivity (Wildman–Crippen MR) is 92.8 cm³/mol. The average Bonchev–Trinajstić information content (AvgIpc) is 3.21. The Labute approximate surface area is 148 Å². The van der Waals surface area contributed by atoms with Crippen molar-refractivity contribution in [1.82, 2.24) is 19.6 Å². The number of rotatable bonds is 6. The molecule has 2 aliphatic rings. The zero-order chi connectivity index (χ0) is 17.9. The Morgan fingerprint density at radius 1 is 1.36 bits per heavy atom. The van der Waals surface area contributed by atoms with Gasteiger partial charge in [-0.1, -0.05) is 0 Å². The van der Waals surface area contributed by atoms with Crippen molar-refractivity contribution in [2.45, 2.75) is 32.1 Å². The zero-order valence-corrected chi connectivity index (χ0v) is 15.2. The van der Waals surface area contributed by atoms with Gasteiger partial charge in [0.2, 0.25) is 11.8 Å². The Morgan fingerprint density at radius 3 is 2.92 bits per heavy atom. The van der Waals surface area contributed by atoms with Gasteiger partial charge in [-0.3, -0.25) is 14.3 Å². The molecular formula is C18H28N4O3. The van der Waals surface area contributed by atoms with Gasteiger partial charge in [-0.05, 0) is 31.7 Å². The zero-order valence-electron chi connectivity index (χ0n) is 15.2. The van der Waals surface area contributed by atoms with Crippen molar-refractivity contribution in [1.29, 1.82) is 0 Å². The fourth-order valence-corrected chi connectivity index (χ4v) is 4.07. The van der Waals surface area contributed by atoms with E-state index in [-0.39, 0.29) is 17.2 Å². The number of hydrogen-bond acceptors (Lipinski definition) is 4. The van der Waals surface area contributed by atoms with E-state index in [0.717, 1.165) is 31.5 Å². The minimum absolute atomic E-state index is 0.139. The normalized spacial score (nSPS) is 23.7. The highest BCUT2D eigenvalue weighted by molar-refractivity contribution is 5.86. The SMILES string of the molecule is COCCN1CCC[C@@]2(CCN(C(=O)CCc3ccnn3C)C2)C1=O. The first-order chi connectivity index (χ1) is 12.1. The summed E-state index contributed by atoms with van der Waals surface area (Å²) in [6, 6.07) is 1.94. The van der Waals surface area contributed by atoms with Crippen LogP contribution in [0.3, 0.4) is 0 Å². The molecule has 0 radical (unpaired) electrons. The number of aryl methyl sites for hydroxylation is 2. The second-order valence-electron chi connectivity index (χ2n) is 7.18. The topological polar surface area (TPSA) is 67.7 Å². The van der Waals surface area contributed by atoms with Gasteiger partial charge in [0, 0.05) is 58.6 Å². The van der Waals surface area contributed by atoms with Crippen LogP contribution in [0.25, 0.3) is 0 Å². The van der Waals surface area contributed by atoms with Gasteiger partial charge in [-0.2, -0.15) is 5.10 Å². The minimum Gasteiger partial charge on any atom is -0.383 e. The fraction of sp³-hybridized carbons (Fsp3) is 0.722. The number of aromatic nitrogens is 2. The van der Waals surface area contributed by atoms with E-state index in [2.05, 4.69) is 5.10 Å². The third-order valence-corrected chi connectivity index (χ3v) is 5.61. The highest BCUT2D eigenvalue weighted by Gasteiger charge is 2.49. The molecule has 1 aromatic rings. The lowest BCUT2D eigenvalue weighted by atomic mass is 9.78. The van der Waals surface area contributed by atoms with Crippen LogP contribution in [0.1, 0.15) is 31.4 Å². The van der Waals surface area contributed by atoms with Crippen LogP contribution in [0.4, 0.5) is 0 Å². The van der Waals surface area contributed by atoms with Crippen LogP contribution in [0, 0.1) is 5.41 Å². The van der Waals surface area contributed by atoms with E-state index in [9.17, 15) is 9.59 Å². The lowest BCUT2D eigenvalue weighted by molar-refractivity contribution is -0.146. The van der Waals surface area contributed by atoms with Crippen LogP contribution >= 0.6 is 0 Å². The Morgan fingerprint density at radius 2 is 2.20 bits per heavy atom. The van der Waals surface area contributed by atoms with Gasteiger partial charge >= 0.3 is 0 Å². The maximum absolute atomic E-state index is 12.9. The number of methoxy groups -OCH3 is 1. The molecule has 138 valence electrons. The molecular weight excluding hydrogens is 320 g/mol. The summed E-state index contributed by atoms with van der Waals surface area (Å²) in [6.45, 7) is 3.27. The van der Waals surface area contributed by atoms with Gasteiger partial charge in [-0.15, -0.1) is 0 Å². The first-order valence-electron chi connectivity index (χ1n) is 9.09. The third-order valence-electron chi connectivity index (χ3n) is 5.61. The molecule has 2 fully saturated rings. The highest BCUT2D eigenvalue weighted by atomic mass is 16.5. The maximum atomic E-state index is 12.9. The molecule has 1 aromatic heterocycles. The van der Waals surface area contributed by atoms with E-state index in [1.165, 1.54) is 0 Å². The smallest absolute Gasteiger partial charge is 0.230 e. The van der Waals surface area contributed by atoms with Crippen LogP contribution in [0.2, 0.25) is 0 Å². The van der Waals surface area contributed by atoms with E-state index >= 15 is 0 Å². The second kappa shape index (κ2) is 7.56. The third kappa shape index (κ3) is 3.71. The van der Waals surface area contributed by atoms with Gasteiger partial charge in [-0.25, -0.2) is 0 Å². The molecule has 2 aliphatic heterocycles. The number of amides is 2. The summed E-state index contributed by atoms with van der Waals surface area (Å²) in [7, 11) is 3.54. The van der Waals surface area contributed by atoms with E-state index in [0.29, 0.717) is 39.1 Å². The monoisotopic (exact) mass is 348 g/mol. The molecule has 0 aromatic carbocycles. The summed E-state index contributed by atoms with van der Waals surface area (Å²) in [5.41, 5.74) is 0.690. The molecule has 3 rings (SSSR count). The maximum Gasteiger partial charge on any atom is 0.230 e. The predicted octanol–water partition coefficient (Wildman–Crippen LogP) is 0.840. The van der Waals surface area contributed by atoms with Crippen LogP contribution in [-0.2, 0) is 27.8 Å². The van der Waals surface area contributed by atoms with E-state index < -0.39 is 0 Å². The lowest BCUT2D eigenvalue weighted by Crippen LogP contribution is -2.51. The molecule has 25 heavy (non-hydrogen) atoms. The van der Waals surface area contributed by atoms with Gasteiger partial charge in [0.1, 0.15) is 0 Å². The second-order valence-corrected chi connectivity index (χ2v) is 7.18. The van der Waals surface area contributed by atoms with Gasteiger partial charge < -0.3 is 14.5 Å². The molecule has 2 amide bonds. The van der Waals surface area contributed by atoms with Crippen LogP contribution < -0.4 is 0 Å². The first-order valence-corrected chi connectivity index (χ1v) is 9.09. The summed E-state index contributed by atoms with van der Waals surface area (Å²) < 4.78 is 6.92. The number of hydrogen-bond donors (Lipinski definition) is 0. The summed E-state index contributed by atoms with van der Waals surface area (Å²) >= 11 is 0. The van der Waals surface area contributed by atoms with Crippen molar-refractivity contribution in [3.8, 4) is 0 Å². The molecule has 1 spiro atoms. The van der Waals surface area contributed by atoms with Crippen molar-refractivity contribution in [3.05, 3.63) is 18.0 Å². The number of likely N-dealkylation sites (tertiary alicyclic amines) is 2. The van der Waals surface area contributed by atoms with Gasteiger partial charge in [0.05, 0.1) is 12.0 Å². The van der Waals surface area contributed by atoms with Crippen molar-refractivity contribution in [2.75, 3.05) is 39.9 Å².